The van der Waals surface area contributed by atoms with Crippen molar-refractivity contribution in [3.05, 3.63) is 59.1 Å². The Morgan fingerprint density at radius 2 is 2.10 bits per heavy atom. The van der Waals surface area contributed by atoms with Crippen molar-refractivity contribution >= 4 is 33.5 Å². The van der Waals surface area contributed by atoms with Crippen LogP contribution in [0.1, 0.15) is 42.8 Å². The molecule has 0 bridgehead atoms. The van der Waals surface area contributed by atoms with Gasteiger partial charge in [0.25, 0.3) is 0 Å². The van der Waals surface area contributed by atoms with Crippen molar-refractivity contribution in [3.8, 4) is 11.5 Å². The molecule has 1 aliphatic rings. The molecule has 0 aliphatic carbocycles. The number of aromatic nitrogens is 1. The molecule has 1 fully saturated rings. The second-order valence-corrected chi connectivity index (χ2v) is 8.30. The van der Waals surface area contributed by atoms with Crippen molar-refractivity contribution in [3.63, 3.8) is 0 Å². The molecule has 1 unspecified atom stereocenters. The Balaban J connectivity index is 1.53. The van der Waals surface area contributed by atoms with Gasteiger partial charge in [0.1, 0.15) is 5.01 Å². The molecule has 1 aliphatic heterocycles. The summed E-state index contributed by atoms with van der Waals surface area (Å²) in [4.78, 5) is 19.8. The van der Waals surface area contributed by atoms with Gasteiger partial charge in [-0.2, -0.15) is 0 Å². The summed E-state index contributed by atoms with van der Waals surface area (Å²) < 4.78 is 12.1. The number of rotatable bonds is 6. The number of hydrogen-bond donors (Lipinski definition) is 0. The number of fused-ring (bicyclic) bond motifs is 1. The monoisotopic (exact) mass is 422 g/mol. The molecule has 0 N–H and O–H groups in total. The number of carbonyl (C=O) groups excluding carboxylic acids is 1. The van der Waals surface area contributed by atoms with Crippen LogP contribution in [0, 0.1) is 0 Å². The summed E-state index contributed by atoms with van der Waals surface area (Å²) in [6.45, 7) is 3.27. The lowest BCUT2D eigenvalue weighted by atomic mass is 10.0. The summed E-state index contributed by atoms with van der Waals surface area (Å²) in [5.74, 6) is 1.39. The van der Waals surface area contributed by atoms with Crippen LogP contribution in [0.2, 0.25) is 0 Å². The molecular formula is C24H26N2O3S. The van der Waals surface area contributed by atoms with E-state index in [1.807, 2.05) is 54.3 Å². The third-order valence-electron chi connectivity index (χ3n) is 5.29. The lowest BCUT2D eigenvalue weighted by Gasteiger charge is -2.33. The minimum atomic E-state index is 0.0202. The van der Waals surface area contributed by atoms with Gasteiger partial charge in [-0.25, -0.2) is 4.98 Å². The first-order chi connectivity index (χ1) is 14.7. The van der Waals surface area contributed by atoms with Gasteiger partial charge < -0.3 is 14.4 Å². The van der Waals surface area contributed by atoms with Crippen LogP contribution in [-0.2, 0) is 4.79 Å². The molecule has 1 atom stereocenters. The molecule has 0 radical (unpaired) electrons. The lowest BCUT2D eigenvalue weighted by molar-refractivity contribution is -0.129. The van der Waals surface area contributed by atoms with Gasteiger partial charge in [0.15, 0.2) is 11.5 Å². The standard InChI is InChI=1S/C24H26N2O3S/c1-3-29-20-13-11-17(16-21(20)28-2)12-14-23(27)26-15-7-6-9-19(26)24-25-18-8-4-5-10-22(18)30-24/h4-5,8,10-14,16,19H,3,6-7,9,15H2,1-2H3/b14-12+. The Kier molecular flexibility index (Phi) is 6.33. The molecule has 156 valence electrons. The van der Waals surface area contributed by atoms with Gasteiger partial charge in [-0.3, -0.25) is 4.79 Å². The molecule has 30 heavy (non-hydrogen) atoms. The van der Waals surface area contributed by atoms with Crippen LogP contribution in [-0.4, -0.2) is 36.1 Å². The van der Waals surface area contributed by atoms with Crippen LogP contribution in [0.3, 0.4) is 0 Å². The molecule has 2 heterocycles. The maximum Gasteiger partial charge on any atom is 0.247 e. The topological polar surface area (TPSA) is 51.7 Å². The number of piperidine rings is 1. The van der Waals surface area contributed by atoms with Crippen molar-refractivity contribution in [1.82, 2.24) is 9.88 Å². The van der Waals surface area contributed by atoms with E-state index in [1.165, 1.54) is 4.70 Å². The van der Waals surface area contributed by atoms with E-state index in [0.717, 1.165) is 41.9 Å². The molecule has 0 spiro atoms. The number of carbonyl (C=O) groups is 1. The highest BCUT2D eigenvalue weighted by atomic mass is 32.1. The average molecular weight is 423 g/mol. The second kappa shape index (κ2) is 9.30. The number of nitrogens with zero attached hydrogens (tertiary/aromatic N) is 2. The van der Waals surface area contributed by atoms with Crippen LogP contribution in [0.5, 0.6) is 11.5 Å². The molecule has 3 aromatic rings. The zero-order valence-electron chi connectivity index (χ0n) is 17.3. The van der Waals surface area contributed by atoms with Crippen LogP contribution in [0.4, 0.5) is 0 Å². The number of thiazole rings is 1. The third-order valence-corrected chi connectivity index (χ3v) is 6.42. The van der Waals surface area contributed by atoms with Gasteiger partial charge >= 0.3 is 0 Å². The highest BCUT2D eigenvalue weighted by molar-refractivity contribution is 7.18. The highest BCUT2D eigenvalue weighted by Crippen LogP contribution is 2.36. The predicted octanol–water partition coefficient (Wildman–Crippen LogP) is 5.47. The summed E-state index contributed by atoms with van der Waals surface area (Å²) in [6, 6.07) is 13.9. The van der Waals surface area contributed by atoms with E-state index in [0.29, 0.717) is 18.1 Å². The number of para-hydroxylation sites is 1. The largest absolute Gasteiger partial charge is 0.493 e. The Hall–Kier alpha value is -2.86. The smallest absolute Gasteiger partial charge is 0.247 e. The zero-order valence-corrected chi connectivity index (χ0v) is 18.2. The van der Waals surface area contributed by atoms with Gasteiger partial charge in [-0.15, -0.1) is 11.3 Å². The summed E-state index contributed by atoms with van der Waals surface area (Å²) in [5.41, 5.74) is 1.91. The fourth-order valence-electron chi connectivity index (χ4n) is 3.81. The maximum atomic E-state index is 13.1. The summed E-state index contributed by atoms with van der Waals surface area (Å²) >= 11 is 1.69. The van der Waals surface area contributed by atoms with Gasteiger partial charge in [-0.05, 0) is 62.1 Å². The van der Waals surface area contributed by atoms with Crippen molar-refractivity contribution in [2.75, 3.05) is 20.3 Å². The molecule has 1 aromatic heterocycles. The maximum absolute atomic E-state index is 13.1. The minimum absolute atomic E-state index is 0.0202. The fourth-order valence-corrected chi connectivity index (χ4v) is 4.93. The predicted molar refractivity (Wildman–Crippen MR) is 121 cm³/mol. The number of hydrogen-bond acceptors (Lipinski definition) is 5. The molecule has 2 aromatic carbocycles. The van der Waals surface area contributed by atoms with Crippen LogP contribution in [0.25, 0.3) is 16.3 Å². The van der Waals surface area contributed by atoms with Crippen LogP contribution < -0.4 is 9.47 Å². The average Bonchev–Trinajstić information content (AvgIpc) is 3.22. The van der Waals surface area contributed by atoms with E-state index in [4.69, 9.17) is 14.5 Å². The Morgan fingerprint density at radius 3 is 2.90 bits per heavy atom. The molecule has 4 rings (SSSR count). The summed E-state index contributed by atoms with van der Waals surface area (Å²) in [7, 11) is 1.62. The number of methoxy groups -OCH3 is 1. The third kappa shape index (κ3) is 4.33. The van der Waals surface area contributed by atoms with Crippen molar-refractivity contribution in [1.29, 1.82) is 0 Å². The summed E-state index contributed by atoms with van der Waals surface area (Å²) in [6.07, 6.45) is 6.59. The van der Waals surface area contributed by atoms with E-state index >= 15 is 0 Å². The highest BCUT2D eigenvalue weighted by Gasteiger charge is 2.29. The molecule has 6 heteroatoms. The Labute approximate surface area is 180 Å². The van der Waals surface area contributed by atoms with Crippen molar-refractivity contribution < 1.29 is 14.3 Å². The molecule has 1 saturated heterocycles. The van der Waals surface area contributed by atoms with Gasteiger partial charge in [0.2, 0.25) is 5.91 Å². The van der Waals surface area contributed by atoms with Gasteiger partial charge in [-0.1, -0.05) is 18.2 Å². The SMILES string of the molecule is CCOc1ccc(/C=C/C(=O)N2CCCCC2c2nc3ccccc3s2)cc1OC. The molecule has 5 nitrogen and oxygen atoms in total. The van der Waals surface area contributed by atoms with Crippen molar-refractivity contribution in [2.45, 2.75) is 32.2 Å². The lowest BCUT2D eigenvalue weighted by Crippen LogP contribution is -2.37. The number of ether oxygens (including phenoxy) is 2. The Bertz CT molecular complexity index is 1030. The number of amides is 1. The number of benzene rings is 2. The first-order valence-corrected chi connectivity index (χ1v) is 11.2. The quantitative estimate of drug-likeness (QED) is 0.494. The van der Waals surface area contributed by atoms with E-state index in [9.17, 15) is 4.79 Å². The van der Waals surface area contributed by atoms with Gasteiger partial charge in [0, 0.05) is 12.6 Å². The normalized spacial score (nSPS) is 16.9. The van der Waals surface area contributed by atoms with E-state index in [1.54, 1.807) is 24.5 Å². The van der Waals surface area contributed by atoms with E-state index in [-0.39, 0.29) is 11.9 Å². The molecule has 1 amide bonds. The first-order valence-electron chi connectivity index (χ1n) is 10.3. The Morgan fingerprint density at radius 1 is 1.23 bits per heavy atom. The van der Waals surface area contributed by atoms with E-state index in [2.05, 4.69) is 6.07 Å². The van der Waals surface area contributed by atoms with Gasteiger partial charge in [0.05, 0.1) is 30.0 Å². The molecule has 0 saturated carbocycles. The van der Waals surface area contributed by atoms with Crippen LogP contribution >= 0.6 is 11.3 Å². The van der Waals surface area contributed by atoms with Crippen molar-refractivity contribution in [2.24, 2.45) is 0 Å². The molecular weight excluding hydrogens is 396 g/mol. The fraction of sp³-hybridized carbons (Fsp3) is 0.333. The zero-order chi connectivity index (χ0) is 20.9. The first kappa shape index (κ1) is 20.4. The minimum Gasteiger partial charge on any atom is -0.493 e. The summed E-state index contributed by atoms with van der Waals surface area (Å²) in [5, 5.41) is 1.03. The number of likely N-dealkylation sites (tertiary alicyclic amines) is 1. The second-order valence-electron chi connectivity index (χ2n) is 7.24. The van der Waals surface area contributed by atoms with E-state index < -0.39 is 0 Å². The van der Waals surface area contributed by atoms with Crippen LogP contribution in [0.15, 0.2) is 48.5 Å².